The van der Waals surface area contributed by atoms with Crippen LogP contribution in [0.5, 0.6) is 0 Å². The van der Waals surface area contributed by atoms with Crippen LogP contribution in [0, 0.1) is 23.7 Å². The minimum atomic E-state index is -3.50. The van der Waals surface area contributed by atoms with E-state index in [2.05, 4.69) is 47.8 Å². The molecule has 0 spiro atoms. The standard InChI is InChI=1S/C43H70O7S/c1-12-29(7)22-40-33(11)38(26-51(44,45)37-18-14-34(13-2)15-19-37)42(50-40)25-41-32(10)30(8)23-35(49-41)16-20-39-31(9)24-36(48-39)17-21-43(46-27(3)4)47-28(5)6/h14-15,18-19,27-30,33,35-36,38-43H,9-10,12-13,16-17,20-26H2,1-8,11H3/t29-,30-,33-,35+,36+,38-,39+,40-,41-,42+/m1/s1. The molecule has 3 saturated heterocycles. The van der Waals surface area contributed by atoms with Gasteiger partial charge in [-0.25, -0.2) is 8.42 Å². The average molecular weight is 731 g/mol. The molecule has 1 aromatic rings. The molecule has 3 heterocycles. The lowest BCUT2D eigenvalue weighted by Gasteiger charge is -2.38. The van der Waals surface area contributed by atoms with Crippen molar-refractivity contribution in [2.75, 3.05) is 5.75 Å². The Morgan fingerprint density at radius 1 is 0.843 bits per heavy atom. The van der Waals surface area contributed by atoms with E-state index in [1.54, 1.807) is 12.1 Å². The second-order valence-electron chi connectivity index (χ2n) is 16.5. The molecule has 0 radical (unpaired) electrons. The van der Waals surface area contributed by atoms with E-state index in [1.165, 1.54) is 0 Å². The van der Waals surface area contributed by atoms with Crippen molar-refractivity contribution in [3.8, 4) is 0 Å². The van der Waals surface area contributed by atoms with Crippen molar-refractivity contribution in [3.05, 3.63) is 54.1 Å². The van der Waals surface area contributed by atoms with Gasteiger partial charge in [-0.3, -0.25) is 0 Å². The topological polar surface area (TPSA) is 80.3 Å². The first kappa shape index (κ1) is 42.2. The van der Waals surface area contributed by atoms with E-state index in [0.29, 0.717) is 23.2 Å². The lowest BCUT2D eigenvalue weighted by atomic mass is 9.81. The van der Waals surface area contributed by atoms with Crippen LogP contribution in [0.25, 0.3) is 0 Å². The highest BCUT2D eigenvalue weighted by Crippen LogP contribution is 2.43. The Balaban J connectivity index is 1.38. The van der Waals surface area contributed by atoms with Gasteiger partial charge in [0.15, 0.2) is 16.1 Å². The number of sulfone groups is 1. The summed E-state index contributed by atoms with van der Waals surface area (Å²) in [4.78, 5) is 0.397. The van der Waals surface area contributed by atoms with Crippen LogP contribution in [-0.4, -0.2) is 69.3 Å². The maximum atomic E-state index is 13.8. The summed E-state index contributed by atoms with van der Waals surface area (Å²) in [5.41, 5.74) is 3.38. The summed E-state index contributed by atoms with van der Waals surface area (Å²) < 4.78 is 59.8. The molecule has 0 amide bonds. The van der Waals surface area contributed by atoms with Crippen LogP contribution in [0.15, 0.2) is 53.5 Å². The van der Waals surface area contributed by atoms with Gasteiger partial charge in [-0.2, -0.15) is 0 Å². The largest absolute Gasteiger partial charge is 0.374 e. The van der Waals surface area contributed by atoms with E-state index in [-0.39, 0.29) is 72.7 Å². The summed E-state index contributed by atoms with van der Waals surface area (Å²) in [5, 5.41) is 0. The summed E-state index contributed by atoms with van der Waals surface area (Å²) in [6.45, 7) is 28.0. The highest BCUT2D eigenvalue weighted by molar-refractivity contribution is 7.91. The molecule has 3 aliphatic heterocycles. The van der Waals surface area contributed by atoms with Crippen molar-refractivity contribution in [2.24, 2.45) is 23.7 Å². The monoisotopic (exact) mass is 730 g/mol. The smallest absolute Gasteiger partial charge is 0.178 e. The summed E-state index contributed by atoms with van der Waals surface area (Å²) in [5.74, 6) is 0.903. The van der Waals surface area contributed by atoms with Crippen molar-refractivity contribution < 1.29 is 32.1 Å². The van der Waals surface area contributed by atoms with Gasteiger partial charge in [-0.05, 0) is 119 Å². The zero-order valence-electron chi connectivity index (χ0n) is 33.3. The van der Waals surface area contributed by atoms with Crippen molar-refractivity contribution in [1.29, 1.82) is 0 Å². The summed E-state index contributed by atoms with van der Waals surface area (Å²) in [7, 11) is -3.50. The first-order chi connectivity index (χ1) is 24.1. The Bertz CT molecular complexity index is 1340. The Kier molecular flexibility index (Phi) is 15.9. The van der Waals surface area contributed by atoms with Gasteiger partial charge >= 0.3 is 0 Å². The number of hydrogen-bond acceptors (Lipinski definition) is 7. The molecule has 51 heavy (non-hydrogen) atoms. The first-order valence-corrected chi connectivity index (χ1v) is 21.7. The number of rotatable bonds is 19. The molecule has 3 fully saturated rings. The van der Waals surface area contributed by atoms with E-state index >= 15 is 0 Å². The van der Waals surface area contributed by atoms with Crippen LogP contribution >= 0.6 is 0 Å². The lowest BCUT2D eigenvalue weighted by molar-refractivity contribution is -0.186. The summed E-state index contributed by atoms with van der Waals surface area (Å²) in [6, 6.07) is 7.39. The maximum absolute atomic E-state index is 13.8. The molecule has 0 aliphatic carbocycles. The summed E-state index contributed by atoms with van der Waals surface area (Å²) >= 11 is 0. The predicted molar refractivity (Wildman–Crippen MR) is 207 cm³/mol. The normalized spacial score (nSPS) is 31.0. The molecule has 8 heteroatoms. The molecule has 0 unspecified atom stereocenters. The molecule has 0 saturated carbocycles. The van der Waals surface area contributed by atoms with Gasteiger partial charge in [0.2, 0.25) is 0 Å². The van der Waals surface area contributed by atoms with Crippen molar-refractivity contribution in [1.82, 2.24) is 0 Å². The minimum Gasteiger partial charge on any atom is -0.374 e. The average Bonchev–Trinajstić information content (AvgIpc) is 3.57. The number of hydrogen-bond donors (Lipinski definition) is 0. The maximum Gasteiger partial charge on any atom is 0.178 e. The van der Waals surface area contributed by atoms with Crippen molar-refractivity contribution in [3.63, 3.8) is 0 Å². The van der Waals surface area contributed by atoms with Gasteiger partial charge in [-0.1, -0.05) is 66.3 Å². The van der Waals surface area contributed by atoms with E-state index in [1.807, 2.05) is 39.8 Å². The Morgan fingerprint density at radius 2 is 1.49 bits per heavy atom. The van der Waals surface area contributed by atoms with E-state index in [9.17, 15) is 8.42 Å². The molecule has 7 nitrogen and oxygen atoms in total. The van der Waals surface area contributed by atoms with Crippen LogP contribution in [-0.2, 0) is 39.9 Å². The van der Waals surface area contributed by atoms with Gasteiger partial charge in [0.25, 0.3) is 0 Å². The third kappa shape index (κ3) is 12.0. The highest BCUT2D eigenvalue weighted by Gasteiger charge is 2.46. The van der Waals surface area contributed by atoms with E-state index < -0.39 is 9.84 Å². The molecule has 3 aliphatic rings. The van der Waals surface area contributed by atoms with Gasteiger partial charge in [0.1, 0.15) is 0 Å². The fourth-order valence-electron chi connectivity index (χ4n) is 8.19. The molecule has 4 rings (SSSR count). The van der Waals surface area contributed by atoms with Crippen molar-refractivity contribution >= 4 is 9.84 Å². The Morgan fingerprint density at radius 3 is 2.10 bits per heavy atom. The number of aryl methyl sites for hydroxylation is 1. The van der Waals surface area contributed by atoms with Crippen LogP contribution in [0.1, 0.15) is 126 Å². The van der Waals surface area contributed by atoms with Crippen LogP contribution < -0.4 is 0 Å². The van der Waals surface area contributed by atoms with Crippen LogP contribution in [0.4, 0.5) is 0 Å². The van der Waals surface area contributed by atoms with Crippen LogP contribution in [0.2, 0.25) is 0 Å². The molecule has 1 aromatic carbocycles. The zero-order valence-corrected chi connectivity index (χ0v) is 34.1. The molecule has 290 valence electrons. The highest BCUT2D eigenvalue weighted by atomic mass is 32.2. The molecule has 0 N–H and O–H groups in total. The van der Waals surface area contributed by atoms with E-state index in [0.717, 1.165) is 74.5 Å². The van der Waals surface area contributed by atoms with Crippen LogP contribution in [0.3, 0.4) is 0 Å². The third-order valence-electron chi connectivity index (χ3n) is 11.6. The Labute approximate surface area is 311 Å². The fraction of sp³-hybridized carbons (Fsp3) is 0.767. The number of ether oxygens (including phenoxy) is 5. The molecular formula is C43H70O7S. The van der Waals surface area contributed by atoms with E-state index in [4.69, 9.17) is 23.7 Å². The predicted octanol–water partition coefficient (Wildman–Crippen LogP) is 9.67. The molecule has 10 atom stereocenters. The second kappa shape index (κ2) is 19.2. The molecule has 0 aromatic heterocycles. The fourth-order valence-corrected chi connectivity index (χ4v) is 9.96. The van der Waals surface area contributed by atoms with Gasteiger partial charge < -0.3 is 23.7 Å². The zero-order chi connectivity index (χ0) is 37.5. The second-order valence-corrected chi connectivity index (χ2v) is 18.6. The minimum absolute atomic E-state index is 0.0225. The summed E-state index contributed by atoms with van der Waals surface area (Å²) in [6.07, 6.45) is 8.55. The Hall–Kier alpha value is -1.55. The van der Waals surface area contributed by atoms with Crippen molar-refractivity contribution in [2.45, 2.75) is 187 Å². The number of benzene rings is 1. The quantitative estimate of drug-likeness (QED) is 0.104. The molecular weight excluding hydrogens is 661 g/mol. The first-order valence-electron chi connectivity index (χ1n) is 20.0. The van der Waals surface area contributed by atoms with Gasteiger partial charge in [-0.15, -0.1) is 0 Å². The molecule has 0 bridgehead atoms. The van der Waals surface area contributed by atoms with Gasteiger partial charge in [0, 0.05) is 18.8 Å². The van der Waals surface area contributed by atoms with Gasteiger partial charge in [0.05, 0.1) is 59.5 Å². The SMILES string of the molecule is C=C1C[C@H](CCC(OC(C)C)OC(C)C)O[C@H]1CC[C@H]1C[C@@H](C)C(=C)[C@@H](C[C@@H]2O[C@H](C[C@H](C)CC)[C@H](C)[C@H]2CS(=O)(=O)c2ccc(CC)cc2)O1. The third-order valence-corrected chi connectivity index (χ3v) is 13.4. The lowest BCUT2D eigenvalue weighted by Crippen LogP contribution is -2.38.